The van der Waals surface area contributed by atoms with Gasteiger partial charge >= 0.3 is 6.03 Å². The number of primary amides is 1. The van der Waals surface area contributed by atoms with E-state index < -0.39 is 5.91 Å². The fourth-order valence-electron chi connectivity index (χ4n) is 2.08. The monoisotopic (exact) mass is 297 g/mol. The fourth-order valence-corrected chi connectivity index (χ4v) is 2.08. The lowest BCUT2D eigenvalue weighted by molar-refractivity contribution is 0.100. The molecule has 0 saturated carbocycles. The molecule has 22 heavy (non-hydrogen) atoms. The summed E-state index contributed by atoms with van der Waals surface area (Å²) < 4.78 is 0. The van der Waals surface area contributed by atoms with Crippen molar-refractivity contribution in [3.8, 4) is 0 Å². The van der Waals surface area contributed by atoms with Crippen molar-refractivity contribution in [1.82, 2.24) is 5.32 Å². The van der Waals surface area contributed by atoms with Crippen molar-refractivity contribution in [2.75, 3.05) is 11.9 Å². The van der Waals surface area contributed by atoms with Crippen LogP contribution in [0.15, 0.2) is 48.5 Å². The van der Waals surface area contributed by atoms with E-state index in [9.17, 15) is 9.59 Å². The summed E-state index contributed by atoms with van der Waals surface area (Å²) in [5.41, 5.74) is 8.57. The zero-order valence-corrected chi connectivity index (χ0v) is 12.4. The first-order valence-electron chi connectivity index (χ1n) is 7.05. The molecule has 0 aliphatic rings. The molecule has 0 heterocycles. The summed E-state index contributed by atoms with van der Waals surface area (Å²) >= 11 is 0. The lowest BCUT2D eigenvalue weighted by atomic mass is 10.1. The number of aryl methyl sites for hydroxylation is 1. The Labute approximate surface area is 129 Å². The number of carbonyl (C=O) groups is 2. The van der Waals surface area contributed by atoms with E-state index in [-0.39, 0.29) is 6.03 Å². The molecule has 0 unspecified atom stereocenters. The van der Waals surface area contributed by atoms with Gasteiger partial charge < -0.3 is 16.4 Å². The minimum atomic E-state index is -0.492. The van der Waals surface area contributed by atoms with Crippen molar-refractivity contribution in [2.45, 2.75) is 13.3 Å². The van der Waals surface area contributed by atoms with Crippen molar-refractivity contribution >= 4 is 17.6 Å². The molecular weight excluding hydrogens is 278 g/mol. The van der Waals surface area contributed by atoms with E-state index in [1.165, 1.54) is 11.1 Å². The Bertz CT molecular complexity index is 666. The van der Waals surface area contributed by atoms with Gasteiger partial charge in [0.1, 0.15) is 0 Å². The summed E-state index contributed by atoms with van der Waals surface area (Å²) in [7, 11) is 0. The average Bonchev–Trinajstić information content (AvgIpc) is 2.48. The number of benzene rings is 2. The van der Waals surface area contributed by atoms with Crippen molar-refractivity contribution in [3.05, 3.63) is 65.2 Å². The molecule has 2 aromatic rings. The van der Waals surface area contributed by atoms with Gasteiger partial charge in [-0.05, 0) is 43.2 Å². The van der Waals surface area contributed by atoms with Gasteiger partial charge in [-0.1, -0.05) is 29.8 Å². The number of rotatable bonds is 5. The van der Waals surface area contributed by atoms with Gasteiger partial charge in [0.2, 0.25) is 5.91 Å². The summed E-state index contributed by atoms with van der Waals surface area (Å²) in [5, 5.41) is 5.50. The molecule has 4 N–H and O–H groups in total. The maximum absolute atomic E-state index is 11.8. The topological polar surface area (TPSA) is 84.2 Å². The quantitative estimate of drug-likeness (QED) is 0.792. The van der Waals surface area contributed by atoms with Crippen LogP contribution in [0.1, 0.15) is 21.5 Å². The predicted molar refractivity (Wildman–Crippen MR) is 86.9 cm³/mol. The summed E-state index contributed by atoms with van der Waals surface area (Å²) in [6.45, 7) is 2.59. The number of anilines is 1. The van der Waals surface area contributed by atoms with Crippen molar-refractivity contribution < 1.29 is 9.59 Å². The van der Waals surface area contributed by atoms with Gasteiger partial charge in [-0.25, -0.2) is 4.79 Å². The third-order valence-corrected chi connectivity index (χ3v) is 3.21. The Morgan fingerprint density at radius 2 is 1.82 bits per heavy atom. The SMILES string of the molecule is Cc1cccc(CCNC(=O)Nc2ccc(C(N)=O)cc2)c1. The summed E-state index contributed by atoms with van der Waals surface area (Å²) in [6, 6.07) is 14.3. The van der Waals surface area contributed by atoms with E-state index >= 15 is 0 Å². The zero-order chi connectivity index (χ0) is 15.9. The second-order valence-electron chi connectivity index (χ2n) is 5.06. The van der Waals surface area contributed by atoms with Crippen molar-refractivity contribution in [3.63, 3.8) is 0 Å². The van der Waals surface area contributed by atoms with Crippen LogP contribution >= 0.6 is 0 Å². The van der Waals surface area contributed by atoms with Crippen LogP contribution in [0.4, 0.5) is 10.5 Å². The van der Waals surface area contributed by atoms with E-state index in [1.807, 2.05) is 25.1 Å². The predicted octanol–water partition coefficient (Wildman–Crippen LogP) is 2.46. The Kier molecular flexibility index (Phi) is 5.14. The Morgan fingerprint density at radius 3 is 2.45 bits per heavy atom. The normalized spacial score (nSPS) is 10.0. The number of nitrogens with two attached hydrogens (primary N) is 1. The third kappa shape index (κ3) is 4.63. The van der Waals surface area contributed by atoms with E-state index in [1.54, 1.807) is 24.3 Å². The lowest BCUT2D eigenvalue weighted by Gasteiger charge is -2.08. The molecule has 5 heteroatoms. The van der Waals surface area contributed by atoms with E-state index in [4.69, 9.17) is 5.73 Å². The smallest absolute Gasteiger partial charge is 0.319 e. The van der Waals surface area contributed by atoms with Gasteiger partial charge in [0.05, 0.1) is 0 Å². The highest BCUT2D eigenvalue weighted by molar-refractivity contribution is 5.94. The minimum absolute atomic E-state index is 0.278. The molecule has 5 nitrogen and oxygen atoms in total. The highest BCUT2D eigenvalue weighted by atomic mass is 16.2. The maximum atomic E-state index is 11.8. The Balaban J connectivity index is 1.79. The van der Waals surface area contributed by atoms with Crippen LogP contribution in [0.5, 0.6) is 0 Å². The second kappa shape index (κ2) is 7.26. The number of urea groups is 1. The highest BCUT2D eigenvalue weighted by Crippen LogP contribution is 2.09. The minimum Gasteiger partial charge on any atom is -0.366 e. The molecule has 2 rings (SSSR count). The van der Waals surface area contributed by atoms with Crippen LogP contribution in [-0.2, 0) is 6.42 Å². The van der Waals surface area contributed by atoms with Crippen LogP contribution in [0.25, 0.3) is 0 Å². The second-order valence-corrected chi connectivity index (χ2v) is 5.06. The molecule has 0 spiro atoms. The summed E-state index contributed by atoms with van der Waals surface area (Å²) in [4.78, 5) is 22.7. The number of hydrogen-bond donors (Lipinski definition) is 3. The largest absolute Gasteiger partial charge is 0.366 e. The van der Waals surface area contributed by atoms with Gasteiger partial charge in [0, 0.05) is 17.8 Å². The van der Waals surface area contributed by atoms with Gasteiger partial charge in [0.15, 0.2) is 0 Å². The highest BCUT2D eigenvalue weighted by Gasteiger charge is 2.03. The standard InChI is InChI=1S/C17H19N3O2/c1-12-3-2-4-13(11-12)9-10-19-17(22)20-15-7-5-14(6-8-15)16(18)21/h2-8,11H,9-10H2,1H3,(H2,18,21)(H2,19,20,22). The lowest BCUT2D eigenvalue weighted by Crippen LogP contribution is -2.30. The van der Waals surface area contributed by atoms with Crippen LogP contribution in [0.2, 0.25) is 0 Å². The molecule has 0 aromatic heterocycles. The molecule has 0 saturated heterocycles. The van der Waals surface area contributed by atoms with Crippen LogP contribution in [0, 0.1) is 6.92 Å². The number of hydrogen-bond acceptors (Lipinski definition) is 2. The summed E-state index contributed by atoms with van der Waals surface area (Å²) in [5.74, 6) is -0.492. The number of amides is 3. The van der Waals surface area contributed by atoms with Crippen LogP contribution in [-0.4, -0.2) is 18.5 Å². The molecule has 0 fully saturated rings. The zero-order valence-electron chi connectivity index (χ0n) is 12.4. The number of carbonyl (C=O) groups excluding carboxylic acids is 2. The van der Waals surface area contributed by atoms with Crippen LogP contribution < -0.4 is 16.4 Å². The molecule has 0 atom stereocenters. The number of nitrogens with one attached hydrogen (secondary N) is 2. The van der Waals surface area contributed by atoms with Gasteiger partial charge in [0.25, 0.3) is 0 Å². The molecule has 0 aliphatic heterocycles. The summed E-state index contributed by atoms with van der Waals surface area (Å²) in [6.07, 6.45) is 0.774. The molecule has 0 aliphatic carbocycles. The van der Waals surface area contributed by atoms with E-state index in [0.717, 1.165) is 6.42 Å². The molecule has 114 valence electrons. The molecule has 0 radical (unpaired) electrons. The average molecular weight is 297 g/mol. The van der Waals surface area contributed by atoms with E-state index in [2.05, 4.69) is 16.7 Å². The first kappa shape index (κ1) is 15.6. The molecule has 2 aromatic carbocycles. The van der Waals surface area contributed by atoms with Gasteiger partial charge in [-0.15, -0.1) is 0 Å². The van der Waals surface area contributed by atoms with Gasteiger partial charge in [-0.2, -0.15) is 0 Å². The molecule has 0 bridgehead atoms. The maximum Gasteiger partial charge on any atom is 0.319 e. The van der Waals surface area contributed by atoms with E-state index in [0.29, 0.717) is 17.8 Å². The van der Waals surface area contributed by atoms with Crippen molar-refractivity contribution in [2.24, 2.45) is 5.73 Å². The first-order chi connectivity index (χ1) is 10.5. The van der Waals surface area contributed by atoms with Crippen molar-refractivity contribution in [1.29, 1.82) is 0 Å². The third-order valence-electron chi connectivity index (χ3n) is 3.21. The Hall–Kier alpha value is -2.82. The van der Waals surface area contributed by atoms with Gasteiger partial charge in [-0.3, -0.25) is 4.79 Å². The molecule has 3 amide bonds. The van der Waals surface area contributed by atoms with Crippen LogP contribution in [0.3, 0.4) is 0 Å². The Morgan fingerprint density at radius 1 is 1.09 bits per heavy atom. The fraction of sp³-hybridized carbons (Fsp3) is 0.176. The molecular formula is C17H19N3O2. The first-order valence-corrected chi connectivity index (χ1v) is 7.05.